The van der Waals surface area contributed by atoms with Gasteiger partial charge in [0.25, 0.3) is 5.69 Å². The Kier molecular flexibility index (Phi) is 5.40. The Balaban J connectivity index is 2.61. The van der Waals surface area contributed by atoms with E-state index in [2.05, 4.69) is 5.32 Å². The standard InChI is InChI=1S/C15H16ClN3O4S/c1-4-18-8(2)12(14(20)23-3)13(17-15(18)24)9-5-6-10(16)11(7-9)19(21)22/h5-7,13H,4H2,1-3H3,(H,17,24)/t13-/m0/s1. The molecule has 0 unspecified atom stereocenters. The number of hydrogen-bond donors (Lipinski definition) is 1. The van der Waals surface area contributed by atoms with Crippen LogP contribution in [0.5, 0.6) is 0 Å². The Bertz CT molecular complexity index is 750. The zero-order chi connectivity index (χ0) is 18.0. The topological polar surface area (TPSA) is 84.7 Å². The number of methoxy groups -OCH3 is 1. The highest BCUT2D eigenvalue weighted by Gasteiger charge is 2.34. The summed E-state index contributed by atoms with van der Waals surface area (Å²) in [7, 11) is 1.28. The van der Waals surface area contributed by atoms with E-state index >= 15 is 0 Å². The molecule has 1 aromatic carbocycles. The number of carbonyl (C=O) groups is 1. The third-order valence-electron chi connectivity index (χ3n) is 3.82. The highest BCUT2D eigenvalue weighted by molar-refractivity contribution is 7.80. The van der Waals surface area contributed by atoms with E-state index in [0.29, 0.717) is 28.5 Å². The number of nitro benzene ring substituents is 1. The van der Waals surface area contributed by atoms with Gasteiger partial charge >= 0.3 is 5.97 Å². The van der Waals surface area contributed by atoms with E-state index in [9.17, 15) is 14.9 Å². The molecule has 0 fully saturated rings. The summed E-state index contributed by atoms with van der Waals surface area (Å²) in [6.07, 6.45) is 0. The van der Waals surface area contributed by atoms with Gasteiger partial charge in [-0.05, 0) is 37.7 Å². The maximum atomic E-state index is 12.3. The third kappa shape index (κ3) is 3.20. The summed E-state index contributed by atoms with van der Waals surface area (Å²) in [6, 6.07) is 3.73. The fraction of sp³-hybridized carbons (Fsp3) is 0.333. The van der Waals surface area contributed by atoms with Crippen LogP contribution < -0.4 is 5.32 Å². The van der Waals surface area contributed by atoms with Crippen molar-refractivity contribution in [1.82, 2.24) is 10.2 Å². The van der Waals surface area contributed by atoms with E-state index in [4.69, 9.17) is 28.6 Å². The van der Waals surface area contributed by atoms with Crippen molar-refractivity contribution in [1.29, 1.82) is 0 Å². The maximum Gasteiger partial charge on any atom is 0.337 e. The molecule has 0 saturated heterocycles. The summed E-state index contributed by atoms with van der Waals surface area (Å²) in [4.78, 5) is 24.6. The highest BCUT2D eigenvalue weighted by atomic mass is 35.5. The first-order valence-electron chi connectivity index (χ1n) is 7.12. The van der Waals surface area contributed by atoms with Crippen LogP contribution in [0.3, 0.4) is 0 Å². The molecule has 24 heavy (non-hydrogen) atoms. The molecule has 7 nitrogen and oxygen atoms in total. The van der Waals surface area contributed by atoms with Crippen LogP contribution in [0.1, 0.15) is 25.5 Å². The van der Waals surface area contributed by atoms with E-state index in [0.717, 1.165) is 0 Å². The van der Waals surface area contributed by atoms with Crippen LogP contribution in [0, 0.1) is 10.1 Å². The van der Waals surface area contributed by atoms with Crippen LogP contribution >= 0.6 is 23.8 Å². The Morgan fingerprint density at radius 2 is 2.21 bits per heavy atom. The first-order chi connectivity index (χ1) is 11.3. The van der Waals surface area contributed by atoms with E-state index in [1.807, 2.05) is 6.92 Å². The number of thiocarbonyl (C=S) groups is 1. The van der Waals surface area contributed by atoms with Gasteiger partial charge in [-0.25, -0.2) is 4.79 Å². The number of benzene rings is 1. The molecule has 1 atom stereocenters. The van der Waals surface area contributed by atoms with Crippen LogP contribution in [0.4, 0.5) is 5.69 Å². The highest BCUT2D eigenvalue weighted by Crippen LogP contribution is 2.34. The summed E-state index contributed by atoms with van der Waals surface area (Å²) in [5, 5.41) is 14.6. The maximum absolute atomic E-state index is 12.3. The molecule has 9 heteroatoms. The Hall–Kier alpha value is -2.19. The third-order valence-corrected chi connectivity index (χ3v) is 4.48. The largest absolute Gasteiger partial charge is 0.466 e. The molecule has 1 N–H and O–H groups in total. The number of nitro groups is 1. The van der Waals surface area contributed by atoms with E-state index in [1.165, 1.54) is 19.2 Å². The smallest absolute Gasteiger partial charge is 0.337 e. The minimum atomic E-state index is -0.649. The average molecular weight is 370 g/mol. The summed E-state index contributed by atoms with van der Waals surface area (Å²) >= 11 is 11.2. The number of ether oxygens (including phenoxy) is 1. The molecule has 0 amide bonds. The van der Waals surface area contributed by atoms with Crippen LogP contribution in [-0.4, -0.2) is 34.6 Å². The molecule has 1 aromatic rings. The number of rotatable bonds is 4. The molecule has 1 aliphatic heterocycles. The molecule has 1 heterocycles. The average Bonchev–Trinajstić information content (AvgIpc) is 2.54. The number of hydrogen-bond acceptors (Lipinski definition) is 5. The van der Waals surface area contributed by atoms with Gasteiger partial charge < -0.3 is 15.0 Å². The van der Waals surface area contributed by atoms with Crippen molar-refractivity contribution in [3.05, 3.63) is 50.2 Å². The second-order valence-electron chi connectivity index (χ2n) is 5.09. The van der Waals surface area contributed by atoms with Crippen molar-refractivity contribution in [2.45, 2.75) is 19.9 Å². The predicted molar refractivity (Wildman–Crippen MR) is 93.7 cm³/mol. The molecule has 0 spiro atoms. The van der Waals surface area contributed by atoms with Gasteiger partial charge in [-0.1, -0.05) is 17.7 Å². The second kappa shape index (κ2) is 7.14. The molecule has 2 rings (SSSR count). The normalized spacial score (nSPS) is 17.6. The van der Waals surface area contributed by atoms with E-state index in [1.54, 1.807) is 17.9 Å². The van der Waals surface area contributed by atoms with Gasteiger partial charge in [-0.3, -0.25) is 10.1 Å². The lowest BCUT2D eigenvalue weighted by molar-refractivity contribution is -0.384. The number of esters is 1. The van der Waals surface area contributed by atoms with Crippen molar-refractivity contribution in [2.24, 2.45) is 0 Å². The first-order valence-corrected chi connectivity index (χ1v) is 7.91. The monoisotopic (exact) mass is 369 g/mol. The summed E-state index contributed by atoms with van der Waals surface area (Å²) in [6.45, 7) is 4.24. The van der Waals surface area contributed by atoms with Crippen LogP contribution in [0.2, 0.25) is 5.02 Å². The molecule has 0 bridgehead atoms. The van der Waals surface area contributed by atoms with Gasteiger partial charge in [0.15, 0.2) is 5.11 Å². The van der Waals surface area contributed by atoms with Crippen molar-refractivity contribution < 1.29 is 14.5 Å². The van der Waals surface area contributed by atoms with Crippen LogP contribution in [0.25, 0.3) is 0 Å². The lowest BCUT2D eigenvalue weighted by Crippen LogP contribution is -2.47. The molecule has 1 aliphatic rings. The number of nitrogens with zero attached hydrogens (tertiary/aromatic N) is 2. The molecule has 0 aromatic heterocycles. The molecule has 0 saturated carbocycles. The van der Waals surface area contributed by atoms with Gasteiger partial charge in [0, 0.05) is 18.3 Å². The SMILES string of the molecule is CCN1C(=S)N[C@@H](c2ccc(Cl)c([N+](=O)[O-])c2)C(C(=O)OC)=C1C. The summed E-state index contributed by atoms with van der Waals surface area (Å²) in [5.41, 5.74) is 1.27. The second-order valence-corrected chi connectivity index (χ2v) is 5.88. The number of carbonyl (C=O) groups excluding carboxylic acids is 1. The van der Waals surface area contributed by atoms with Gasteiger partial charge in [-0.15, -0.1) is 0 Å². The van der Waals surface area contributed by atoms with Crippen LogP contribution in [0.15, 0.2) is 29.5 Å². The van der Waals surface area contributed by atoms with E-state index in [-0.39, 0.29) is 10.7 Å². The summed E-state index contributed by atoms with van der Waals surface area (Å²) in [5.74, 6) is -0.524. The Morgan fingerprint density at radius 1 is 1.54 bits per heavy atom. The Morgan fingerprint density at radius 3 is 2.75 bits per heavy atom. The number of halogens is 1. The number of nitrogens with one attached hydrogen (secondary N) is 1. The quantitative estimate of drug-likeness (QED) is 0.378. The zero-order valence-electron chi connectivity index (χ0n) is 13.3. The van der Waals surface area contributed by atoms with Gasteiger partial charge in [0.05, 0.1) is 23.6 Å². The number of allylic oxidation sites excluding steroid dienone is 1. The molecular weight excluding hydrogens is 354 g/mol. The van der Waals surface area contributed by atoms with Crippen molar-refractivity contribution in [2.75, 3.05) is 13.7 Å². The fourth-order valence-electron chi connectivity index (χ4n) is 2.64. The van der Waals surface area contributed by atoms with Crippen molar-refractivity contribution in [3.8, 4) is 0 Å². The zero-order valence-corrected chi connectivity index (χ0v) is 14.9. The van der Waals surface area contributed by atoms with E-state index < -0.39 is 16.9 Å². The van der Waals surface area contributed by atoms with Crippen molar-refractivity contribution >= 4 is 40.6 Å². The Labute approximate surface area is 149 Å². The summed E-state index contributed by atoms with van der Waals surface area (Å²) < 4.78 is 4.87. The fourth-order valence-corrected chi connectivity index (χ4v) is 3.21. The van der Waals surface area contributed by atoms with Gasteiger partial charge in [-0.2, -0.15) is 0 Å². The minimum absolute atomic E-state index is 0.0256. The molecule has 0 radical (unpaired) electrons. The van der Waals surface area contributed by atoms with Crippen LogP contribution in [-0.2, 0) is 9.53 Å². The predicted octanol–water partition coefficient (Wildman–Crippen LogP) is 2.95. The molecule has 0 aliphatic carbocycles. The first kappa shape index (κ1) is 18.2. The molecule has 128 valence electrons. The van der Waals surface area contributed by atoms with Gasteiger partial charge in [0.2, 0.25) is 0 Å². The van der Waals surface area contributed by atoms with Gasteiger partial charge in [0.1, 0.15) is 5.02 Å². The lowest BCUT2D eigenvalue weighted by atomic mass is 9.94. The van der Waals surface area contributed by atoms with Crippen molar-refractivity contribution in [3.63, 3.8) is 0 Å². The molecular formula is C15H16ClN3O4S. The lowest BCUT2D eigenvalue weighted by Gasteiger charge is -2.36. The minimum Gasteiger partial charge on any atom is -0.466 e.